The Bertz CT molecular complexity index is 95.7. The smallest absolute Gasteiger partial charge is 0.0908 e. The topological polar surface area (TPSA) is 12.5 Å². The number of rotatable bonds is 7. The maximum absolute atomic E-state index is 5.09. The van der Waals surface area contributed by atoms with Crippen molar-refractivity contribution in [2.24, 2.45) is 0 Å². The lowest BCUT2D eigenvalue weighted by Gasteiger charge is -1.96. The zero-order valence-electron chi connectivity index (χ0n) is 6.75. The zero-order chi connectivity index (χ0) is 7.94. The Kier molecular flexibility index (Phi) is 5.98. The third-order valence-corrected chi connectivity index (χ3v) is 5.71. The van der Waals surface area contributed by atoms with Gasteiger partial charge in [0.2, 0.25) is 0 Å². The molecule has 0 saturated carbocycles. The molecule has 0 amide bonds. The Morgan fingerprint density at radius 3 is 2.91 bits per heavy atom. The summed E-state index contributed by atoms with van der Waals surface area (Å²) in [5.74, 6) is 2.46. The van der Waals surface area contributed by atoms with Gasteiger partial charge >= 0.3 is 0 Å². The van der Waals surface area contributed by atoms with Crippen molar-refractivity contribution in [2.45, 2.75) is 25.9 Å². The highest BCUT2D eigenvalue weighted by Crippen LogP contribution is 2.36. The standard InChI is InChI=1S/C7H14OS3/c1-2-3-4-9-11-10-6-7-5-8-7/h7H,2-6H2,1H3. The first-order valence-electron chi connectivity index (χ1n) is 3.96. The SMILES string of the molecule is CCCCSSSCC1CO1. The van der Waals surface area contributed by atoms with Crippen molar-refractivity contribution in [3.05, 3.63) is 0 Å². The third-order valence-electron chi connectivity index (χ3n) is 1.33. The molecule has 1 rings (SSSR count). The molecule has 1 aliphatic rings. The molecule has 1 heterocycles. The second kappa shape index (κ2) is 6.52. The maximum atomic E-state index is 5.09. The lowest BCUT2D eigenvalue weighted by atomic mass is 10.4. The fraction of sp³-hybridized carbons (Fsp3) is 1.00. The van der Waals surface area contributed by atoms with E-state index in [0.717, 1.165) is 6.61 Å². The van der Waals surface area contributed by atoms with Gasteiger partial charge in [-0.05, 0) is 16.2 Å². The Morgan fingerprint density at radius 2 is 2.27 bits per heavy atom. The first-order chi connectivity index (χ1) is 5.43. The van der Waals surface area contributed by atoms with Gasteiger partial charge in [-0.2, -0.15) is 0 Å². The summed E-state index contributed by atoms with van der Waals surface area (Å²) in [7, 11) is 5.82. The zero-order valence-corrected chi connectivity index (χ0v) is 9.20. The van der Waals surface area contributed by atoms with Gasteiger partial charge in [0.05, 0.1) is 12.7 Å². The van der Waals surface area contributed by atoms with Crippen LogP contribution in [0.25, 0.3) is 0 Å². The van der Waals surface area contributed by atoms with E-state index in [4.69, 9.17) is 4.74 Å². The molecule has 0 bridgehead atoms. The summed E-state index contributed by atoms with van der Waals surface area (Å²) in [5.41, 5.74) is 0. The number of hydrogen-bond acceptors (Lipinski definition) is 4. The van der Waals surface area contributed by atoms with Crippen LogP contribution in [-0.2, 0) is 4.74 Å². The predicted molar refractivity (Wildman–Crippen MR) is 57.2 cm³/mol. The minimum Gasteiger partial charge on any atom is -0.372 e. The summed E-state index contributed by atoms with van der Waals surface area (Å²) in [5, 5.41) is 0. The minimum absolute atomic E-state index is 0.583. The van der Waals surface area contributed by atoms with E-state index in [2.05, 4.69) is 6.92 Å². The normalized spacial score (nSPS) is 22.1. The van der Waals surface area contributed by atoms with Crippen LogP contribution < -0.4 is 0 Å². The Balaban J connectivity index is 1.66. The van der Waals surface area contributed by atoms with Gasteiger partial charge in [-0.15, -0.1) is 0 Å². The van der Waals surface area contributed by atoms with E-state index in [9.17, 15) is 0 Å². The van der Waals surface area contributed by atoms with Crippen molar-refractivity contribution in [3.8, 4) is 0 Å². The molecule has 1 saturated heterocycles. The molecule has 0 aromatic rings. The molecule has 0 aromatic heterocycles. The maximum Gasteiger partial charge on any atom is 0.0908 e. The molecule has 0 radical (unpaired) electrons. The van der Waals surface area contributed by atoms with E-state index < -0.39 is 0 Å². The van der Waals surface area contributed by atoms with Crippen LogP contribution in [0.1, 0.15) is 19.8 Å². The van der Waals surface area contributed by atoms with Crippen molar-refractivity contribution >= 4 is 31.4 Å². The van der Waals surface area contributed by atoms with Gasteiger partial charge in [-0.1, -0.05) is 34.9 Å². The van der Waals surface area contributed by atoms with Crippen LogP contribution in [0.3, 0.4) is 0 Å². The van der Waals surface area contributed by atoms with E-state index in [-0.39, 0.29) is 0 Å². The van der Waals surface area contributed by atoms with Crippen LogP contribution in [0.2, 0.25) is 0 Å². The first kappa shape index (κ1) is 10.1. The van der Waals surface area contributed by atoms with Crippen LogP contribution in [-0.4, -0.2) is 24.2 Å². The average molecular weight is 210 g/mol. The van der Waals surface area contributed by atoms with Crippen LogP contribution in [0.5, 0.6) is 0 Å². The van der Waals surface area contributed by atoms with Gasteiger partial charge in [-0.3, -0.25) is 0 Å². The lowest BCUT2D eigenvalue weighted by molar-refractivity contribution is 0.426. The van der Waals surface area contributed by atoms with Crippen LogP contribution in [0, 0.1) is 0 Å². The van der Waals surface area contributed by atoms with E-state index in [1.165, 1.54) is 24.3 Å². The average Bonchev–Trinajstić information content (AvgIpc) is 2.80. The highest BCUT2D eigenvalue weighted by atomic mass is 33.5. The number of ether oxygens (including phenoxy) is 1. The van der Waals surface area contributed by atoms with Gasteiger partial charge in [0, 0.05) is 11.5 Å². The summed E-state index contributed by atoms with van der Waals surface area (Å²) < 4.78 is 5.09. The fourth-order valence-electron chi connectivity index (χ4n) is 0.539. The van der Waals surface area contributed by atoms with Crippen LogP contribution >= 0.6 is 31.4 Å². The number of epoxide rings is 1. The molecule has 1 unspecified atom stereocenters. The molecule has 0 N–H and O–H groups in total. The second-order valence-corrected chi connectivity index (χ2v) is 6.88. The summed E-state index contributed by atoms with van der Waals surface area (Å²) >= 11 is 0. The second-order valence-electron chi connectivity index (χ2n) is 2.48. The lowest BCUT2D eigenvalue weighted by Crippen LogP contribution is -1.84. The number of hydrogen-bond donors (Lipinski definition) is 0. The van der Waals surface area contributed by atoms with E-state index in [1.54, 1.807) is 0 Å². The summed E-state index contributed by atoms with van der Waals surface area (Å²) in [6, 6.07) is 0. The fourth-order valence-corrected chi connectivity index (χ4v) is 4.59. The monoisotopic (exact) mass is 210 g/mol. The molecular weight excluding hydrogens is 196 g/mol. The quantitative estimate of drug-likeness (QED) is 0.363. The van der Waals surface area contributed by atoms with E-state index in [1.807, 2.05) is 31.4 Å². The van der Waals surface area contributed by atoms with Crippen molar-refractivity contribution in [2.75, 3.05) is 18.1 Å². The first-order valence-corrected chi connectivity index (χ1v) is 7.78. The van der Waals surface area contributed by atoms with Crippen molar-refractivity contribution in [3.63, 3.8) is 0 Å². The Labute approximate surface area is 80.2 Å². The molecule has 1 fully saturated rings. The van der Waals surface area contributed by atoms with Crippen molar-refractivity contribution in [1.82, 2.24) is 0 Å². The molecule has 66 valence electrons. The molecular formula is C7H14OS3. The molecule has 0 spiro atoms. The summed E-state index contributed by atoms with van der Waals surface area (Å²) in [6.45, 7) is 3.23. The number of unbranched alkanes of at least 4 members (excludes halogenated alkanes) is 1. The molecule has 1 aliphatic heterocycles. The van der Waals surface area contributed by atoms with Crippen molar-refractivity contribution in [1.29, 1.82) is 0 Å². The Hall–Kier alpha value is 1.01. The van der Waals surface area contributed by atoms with E-state index >= 15 is 0 Å². The highest BCUT2D eigenvalue weighted by Gasteiger charge is 2.21. The molecule has 1 nitrogen and oxygen atoms in total. The third kappa shape index (κ3) is 6.20. The molecule has 0 aliphatic carbocycles. The predicted octanol–water partition coefficient (Wildman–Crippen LogP) is 3.21. The molecule has 0 aromatic carbocycles. The van der Waals surface area contributed by atoms with Gasteiger partial charge in [-0.25, -0.2) is 0 Å². The Morgan fingerprint density at radius 1 is 1.45 bits per heavy atom. The summed E-state index contributed by atoms with van der Waals surface area (Å²) in [4.78, 5) is 0. The van der Waals surface area contributed by atoms with Crippen molar-refractivity contribution < 1.29 is 4.74 Å². The highest BCUT2D eigenvalue weighted by molar-refractivity contribution is 9.09. The molecule has 1 atom stereocenters. The van der Waals surface area contributed by atoms with Gasteiger partial charge in [0.15, 0.2) is 0 Å². The summed E-state index contributed by atoms with van der Waals surface area (Å²) in [6.07, 6.45) is 3.24. The molecule has 4 heteroatoms. The largest absolute Gasteiger partial charge is 0.372 e. The van der Waals surface area contributed by atoms with Gasteiger partial charge in [0.25, 0.3) is 0 Å². The minimum atomic E-state index is 0.583. The van der Waals surface area contributed by atoms with Gasteiger partial charge < -0.3 is 4.74 Å². The van der Waals surface area contributed by atoms with Crippen LogP contribution in [0.4, 0.5) is 0 Å². The van der Waals surface area contributed by atoms with E-state index in [0.29, 0.717) is 6.10 Å². The molecule has 11 heavy (non-hydrogen) atoms. The van der Waals surface area contributed by atoms with Gasteiger partial charge in [0.1, 0.15) is 0 Å². The van der Waals surface area contributed by atoms with Crippen LogP contribution in [0.15, 0.2) is 0 Å².